The number of rotatable bonds is 7. The first-order valence-corrected chi connectivity index (χ1v) is 11.1. The minimum absolute atomic E-state index is 0.0204. The van der Waals surface area contributed by atoms with E-state index in [1.807, 2.05) is 30.3 Å². The molecule has 0 aliphatic carbocycles. The SMILES string of the molecule is C=CC[C@@H]1CCN(C(=O)OCc2ccccc2)[C@]1(CN1C(=O)c2ccccc2C1=O)C(=O)OC. The Labute approximate surface area is 197 Å². The second-order valence-corrected chi connectivity index (χ2v) is 8.36. The Hall–Kier alpha value is -3.94. The summed E-state index contributed by atoms with van der Waals surface area (Å²) >= 11 is 0. The molecule has 2 aromatic rings. The molecule has 8 nitrogen and oxygen atoms in total. The maximum Gasteiger partial charge on any atom is 0.411 e. The van der Waals surface area contributed by atoms with Gasteiger partial charge in [-0.1, -0.05) is 48.5 Å². The minimum Gasteiger partial charge on any atom is -0.467 e. The zero-order chi connectivity index (χ0) is 24.3. The van der Waals surface area contributed by atoms with Crippen LogP contribution in [0.2, 0.25) is 0 Å². The molecule has 8 heteroatoms. The first-order chi connectivity index (χ1) is 16.4. The number of amides is 3. The van der Waals surface area contributed by atoms with E-state index in [1.165, 1.54) is 12.0 Å². The van der Waals surface area contributed by atoms with E-state index in [1.54, 1.807) is 30.3 Å². The predicted octanol–water partition coefficient (Wildman–Crippen LogP) is 3.43. The number of carbonyl (C=O) groups excluding carboxylic acids is 4. The van der Waals surface area contributed by atoms with Crippen molar-refractivity contribution in [3.63, 3.8) is 0 Å². The Morgan fingerprint density at radius 2 is 1.68 bits per heavy atom. The molecule has 0 aromatic heterocycles. The Kier molecular flexibility index (Phi) is 6.49. The van der Waals surface area contributed by atoms with Crippen molar-refractivity contribution in [1.82, 2.24) is 9.80 Å². The highest BCUT2D eigenvalue weighted by Gasteiger charge is 2.60. The molecule has 0 N–H and O–H groups in total. The number of allylic oxidation sites excluding steroid dienone is 1. The van der Waals surface area contributed by atoms with E-state index in [-0.39, 0.29) is 30.8 Å². The fourth-order valence-electron chi connectivity index (χ4n) is 4.87. The van der Waals surface area contributed by atoms with Gasteiger partial charge in [-0.3, -0.25) is 19.4 Å². The second-order valence-electron chi connectivity index (χ2n) is 8.36. The van der Waals surface area contributed by atoms with Crippen LogP contribution in [0, 0.1) is 5.92 Å². The highest BCUT2D eigenvalue weighted by Crippen LogP contribution is 2.41. The van der Waals surface area contributed by atoms with E-state index >= 15 is 0 Å². The topological polar surface area (TPSA) is 93.2 Å². The summed E-state index contributed by atoms with van der Waals surface area (Å²) in [6, 6.07) is 15.7. The number of carbonyl (C=O) groups is 4. The van der Waals surface area contributed by atoms with Crippen molar-refractivity contribution in [3.05, 3.63) is 83.9 Å². The molecule has 1 saturated heterocycles. The summed E-state index contributed by atoms with van der Waals surface area (Å²) in [5, 5.41) is 0. The summed E-state index contributed by atoms with van der Waals surface area (Å²) < 4.78 is 10.7. The molecular formula is C26H26N2O6. The van der Waals surface area contributed by atoms with Gasteiger partial charge < -0.3 is 9.47 Å². The van der Waals surface area contributed by atoms with Crippen LogP contribution < -0.4 is 0 Å². The molecule has 4 rings (SSSR count). The number of imide groups is 1. The molecule has 2 heterocycles. The number of benzene rings is 2. The maximum absolute atomic E-state index is 13.3. The Balaban J connectivity index is 1.68. The fourth-order valence-corrected chi connectivity index (χ4v) is 4.87. The molecule has 0 unspecified atom stereocenters. The molecule has 2 aliphatic heterocycles. The molecular weight excluding hydrogens is 436 g/mol. The van der Waals surface area contributed by atoms with Gasteiger partial charge in [0.2, 0.25) is 0 Å². The highest BCUT2D eigenvalue weighted by atomic mass is 16.6. The Morgan fingerprint density at radius 3 is 2.26 bits per heavy atom. The van der Waals surface area contributed by atoms with Crippen LogP contribution in [0.15, 0.2) is 67.3 Å². The van der Waals surface area contributed by atoms with Gasteiger partial charge in [-0.05, 0) is 30.5 Å². The quantitative estimate of drug-likeness (QED) is 0.356. The molecule has 2 aliphatic rings. The summed E-state index contributed by atoms with van der Waals surface area (Å²) in [6.45, 7) is 3.69. The lowest BCUT2D eigenvalue weighted by molar-refractivity contribution is -0.155. The summed E-state index contributed by atoms with van der Waals surface area (Å²) in [4.78, 5) is 55.1. The average Bonchev–Trinajstić information content (AvgIpc) is 3.34. The molecule has 0 bridgehead atoms. The van der Waals surface area contributed by atoms with Crippen LogP contribution in [-0.2, 0) is 20.9 Å². The standard InChI is InChI=1S/C26H26N2O6/c1-3-9-19-14-15-28(25(32)34-16-18-10-5-4-6-11-18)26(19,24(31)33-2)17-27-22(29)20-12-7-8-13-21(20)23(27)30/h3-8,10-13,19H,1,9,14-17H2,2H3/t19-,26+/m1/s1. The van der Waals surface area contributed by atoms with E-state index in [0.29, 0.717) is 12.8 Å². The number of esters is 1. The van der Waals surface area contributed by atoms with Crippen LogP contribution in [0.3, 0.4) is 0 Å². The van der Waals surface area contributed by atoms with Gasteiger partial charge >= 0.3 is 12.1 Å². The summed E-state index contributed by atoms with van der Waals surface area (Å²) in [5.74, 6) is -2.13. The van der Waals surface area contributed by atoms with Crippen molar-refractivity contribution >= 4 is 23.9 Å². The third kappa shape index (κ3) is 3.85. The van der Waals surface area contributed by atoms with E-state index in [0.717, 1.165) is 10.5 Å². The molecule has 1 fully saturated rings. The summed E-state index contributed by atoms with van der Waals surface area (Å²) in [5.41, 5.74) is -0.265. The number of nitrogens with zero attached hydrogens (tertiary/aromatic N) is 2. The normalized spacial score (nSPS) is 21.4. The molecule has 3 amide bonds. The van der Waals surface area contributed by atoms with Crippen molar-refractivity contribution < 1.29 is 28.7 Å². The number of hydrogen-bond donors (Lipinski definition) is 0. The van der Waals surface area contributed by atoms with Gasteiger partial charge in [0.05, 0.1) is 24.8 Å². The molecule has 0 spiro atoms. The van der Waals surface area contributed by atoms with Gasteiger partial charge in [0.25, 0.3) is 11.8 Å². The number of ether oxygens (including phenoxy) is 2. The van der Waals surface area contributed by atoms with Gasteiger partial charge in [0.1, 0.15) is 6.61 Å². The highest BCUT2D eigenvalue weighted by molar-refractivity contribution is 6.21. The van der Waals surface area contributed by atoms with E-state index in [2.05, 4.69) is 6.58 Å². The lowest BCUT2D eigenvalue weighted by atomic mass is 9.81. The van der Waals surface area contributed by atoms with Crippen molar-refractivity contribution in [2.24, 2.45) is 5.92 Å². The lowest BCUT2D eigenvalue weighted by Gasteiger charge is -2.40. The van der Waals surface area contributed by atoms with Gasteiger partial charge in [0.15, 0.2) is 5.54 Å². The van der Waals surface area contributed by atoms with Crippen molar-refractivity contribution in [3.8, 4) is 0 Å². The molecule has 2 atom stereocenters. The fraction of sp³-hybridized carbons (Fsp3) is 0.308. The number of fused-ring (bicyclic) bond motifs is 1. The Bertz CT molecular complexity index is 1100. The van der Waals surface area contributed by atoms with E-state index < -0.39 is 35.3 Å². The second kappa shape index (κ2) is 9.51. The van der Waals surface area contributed by atoms with Crippen molar-refractivity contribution in [2.75, 3.05) is 20.2 Å². The van der Waals surface area contributed by atoms with Crippen molar-refractivity contribution in [2.45, 2.75) is 25.0 Å². The van der Waals surface area contributed by atoms with Crippen LogP contribution in [0.25, 0.3) is 0 Å². The Morgan fingerprint density at radius 1 is 1.06 bits per heavy atom. The first-order valence-electron chi connectivity index (χ1n) is 11.1. The summed E-state index contributed by atoms with van der Waals surface area (Å²) in [7, 11) is 1.23. The average molecular weight is 463 g/mol. The molecule has 176 valence electrons. The third-order valence-electron chi connectivity index (χ3n) is 6.55. The molecule has 34 heavy (non-hydrogen) atoms. The van der Waals surface area contributed by atoms with Crippen LogP contribution in [0.1, 0.15) is 39.1 Å². The van der Waals surface area contributed by atoms with Gasteiger partial charge in [-0.2, -0.15) is 0 Å². The first kappa shape index (κ1) is 23.2. The predicted molar refractivity (Wildman–Crippen MR) is 123 cm³/mol. The minimum atomic E-state index is -1.59. The number of methoxy groups -OCH3 is 1. The zero-order valence-corrected chi connectivity index (χ0v) is 18.9. The summed E-state index contributed by atoms with van der Waals surface area (Å²) in [6.07, 6.45) is 1.80. The van der Waals surface area contributed by atoms with Crippen LogP contribution in [0.5, 0.6) is 0 Å². The smallest absolute Gasteiger partial charge is 0.411 e. The molecule has 2 aromatic carbocycles. The molecule has 0 radical (unpaired) electrons. The van der Waals surface area contributed by atoms with Crippen LogP contribution in [-0.4, -0.2) is 59.4 Å². The van der Waals surface area contributed by atoms with Gasteiger partial charge in [0, 0.05) is 12.5 Å². The van der Waals surface area contributed by atoms with E-state index in [4.69, 9.17) is 9.47 Å². The maximum atomic E-state index is 13.3. The molecule has 0 saturated carbocycles. The van der Waals surface area contributed by atoms with Gasteiger partial charge in [-0.25, -0.2) is 9.59 Å². The zero-order valence-electron chi connectivity index (χ0n) is 18.9. The number of hydrogen-bond acceptors (Lipinski definition) is 6. The number of likely N-dealkylation sites (tertiary alicyclic amines) is 1. The third-order valence-corrected chi connectivity index (χ3v) is 6.55. The largest absolute Gasteiger partial charge is 0.467 e. The van der Waals surface area contributed by atoms with Crippen molar-refractivity contribution in [1.29, 1.82) is 0 Å². The van der Waals surface area contributed by atoms with Gasteiger partial charge in [-0.15, -0.1) is 6.58 Å². The van der Waals surface area contributed by atoms with Crippen LogP contribution >= 0.6 is 0 Å². The monoisotopic (exact) mass is 462 g/mol. The lowest BCUT2D eigenvalue weighted by Crippen LogP contribution is -2.63. The van der Waals surface area contributed by atoms with Crippen LogP contribution in [0.4, 0.5) is 4.79 Å². The van der Waals surface area contributed by atoms with E-state index in [9.17, 15) is 19.2 Å².